The van der Waals surface area contributed by atoms with Crippen LogP contribution in [0.1, 0.15) is 67.7 Å². The first kappa shape index (κ1) is 31.1. The Morgan fingerprint density at radius 1 is 0.545 bits per heavy atom. The Morgan fingerprint density at radius 3 is 2.04 bits per heavy atom. The van der Waals surface area contributed by atoms with Gasteiger partial charge in [0.25, 0.3) is 0 Å². The molecule has 0 saturated carbocycles. The highest BCUT2D eigenvalue weighted by molar-refractivity contribution is 6.07. The number of benzene rings is 7. The first-order chi connectivity index (χ1) is 26.9. The lowest BCUT2D eigenvalue weighted by molar-refractivity contribution is 0.366. The van der Waals surface area contributed by atoms with Crippen molar-refractivity contribution in [1.29, 1.82) is 0 Å². The van der Waals surface area contributed by atoms with Gasteiger partial charge < -0.3 is 13.7 Å². The smallest absolute Gasteiger partial charge is 0.142 e. The summed E-state index contributed by atoms with van der Waals surface area (Å²) in [5.74, 6) is 2.21. The molecule has 2 aromatic heterocycles. The average molecular weight is 710 g/mol. The second-order valence-corrected chi connectivity index (χ2v) is 16.2. The predicted octanol–water partition coefficient (Wildman–Crippen LogP) is 14.1. The minimum absolute atomic E-state index is 0.0362. The number of rotatable bonds is 2. The summed E-state index contributed by atoms with van der Waals surface area (Å²) in [6.45, 7) is 9.68. The summed E-state index contributed by atoms with van der Waals surface area (Å²) in [6, 6.07) is 55.5. The number of hydrogen-bond acceptors (Lipinski definition) is 3. The Hall–Kier alpha value is -6.32. The minimum atomic E-state index is -0.614. The van der Waals surface area contributed by atoms with Crippen LogP contribution in [0.25, 0.3) is 54.6 Å². The molecule has 9 aromatic rings. The fourth-order valence-corrected chi connectivity index (χ4v) is 11.4. The average Bonchev–Trinajstić information content (AvgIpc) is 3.83. The second kappa shape index (κ2) is 10.7. The van der Waals surface area contributed by atoms with Crippen LogP contribution in [0.5, 0.6) is 0 Å². The van der Waals surface area contributed by atoms with Crippen molar-refractivity contribution >= 4 is 54.9 Å². The van der Waals surface area contributed by atoms with E-state index in [0.717, 1.165) is 33.8 Å². The fraction of sp³-hybridized carbons (Fsp3) is 0.154. The first-order valence-corrected chi connectivity index (χ1v) is 19.6. The molecule has 264 valence electrons. The van der Waals surface area contributed by atoms with E-state index in [1.807, 2.05) is 0 Å². The van der Waals surface area contributed by atoms with Crippen LogP contribution >= 0.6 is 0 Å². The summed E-state index contributed by atoms with van der Waals surface area (Å²) in [5, 5.41) is 7.24. The molecule has 2 aliphatic carbocycles. The number of para-hydroxylation sites is 2. The van der Waals surface area contributed by atoms with Gasteiger partial charge >= 0.3 is 0 Å². The molecule has 3 aliphatic rings. The van der Waals surface area contributed by atoms with Gasteiger partial charge in [-0.3, -0.25) is 0 Å². The van der Waals surface area contributed by atoms with Gasteiger partial charge in [0.05, 0.1) is 5.54 Å². The van der Waals surface area contributed by atoms with Crippen LogP contribution in [0.15, 0.2) is 172 Å². The highest BCUT2D eigenvalue weighted by atomic mass is 16.3. The fourth-order valence-electron chi connectivity index (χ4n) is 11.4. The molecule has 0 fully saturated rings. The van der Waals surface area contributed by atoms with Crippen molar-refractivity contribution in [3.63, 3.8) is 0 Å². The first-order valence-electron chi connectivity index (χ1n) is 19.6. The van der Waals surface area contributed by atoms with Crippen LogP contribution in [0, 0.1) is 0 Å². The highest BCUT2D eigenvalue weighted by Gasteiger charge is 2.63. The molecule has 3 heterocycles. The second-order valence-electron chi connectivity index (χ2n) is 16.2. The van der Waals surface area contributed by atoms with Gasteiger partial charge in [-0.1, -0.05) is 141 Å². The SMILES string of the molecule is CC1C2=C3C(C)(c4ccccc4N(c4cccc(-c5cccc6ccccc56)c4)C3(C)c3c1oc1ccccc31)c1c(oc3c1ccc1ccccc13)C2C. The van der Waals surface area contributed by atoms with Crippen molar-refractivity contribution in [2.75, 3.05) is 4.90 Å². The van der Waals surface area contributed by atoms with E-state index < -0.39 is 11.0 Å². The van der Waals surface area contributed by atoms with Crippen molar-refractivity contribution in [2.24, 2.45) is 0 Å². The van der Waals surface area contributed by atoms with Crippen LogP contribution in [0.2, 0.25) is 0 Å². The Kier molecular flexibility index (Phi) is 6.03. The molecular weight excluding hydrogens is 671 g/mol. The van der Waals surface area contributed by atoms with Gasteiger partial charge in [0, 0.05) is 55.9 Å². The van der Waals surface area contributed by atoms with E-state index in [-0.39, 0.29) is 11.8 Å². The normalized spacial score (nSPS) is 22.6. The van der Waals surface area contributed by atoms with Crippen LogP contribution in [0.3, 0.4) is 0 Å². The molecule has 3 nitrogen and oxygen atoms in total. The maximum absolute atomic E-state index is 7.20. The Labute approximate surface area is 320 Å². The molecule has 0 amide bonds. The van der Waals surface area contributed by atoms with Gasteiger partial charge in [-0.15, -0.1) is 0 Å². The number of fused-ring (bicyclic) bond motifs is 13. The highest BCUT2D eigenvalue weighted by Crippen LogP contribution is 2.70. The van der Waals surface area contributed by atoms with Gasteiger partial charge in [-0.25, -0.2) is 0 Å². The standard InChI is InChI=1S/C52H39NO2/c1-30-44-31(2)48-46(39-22-9-12-26-43(39)54-48)52(4)50(44)51(3,45-40-28-27-33-16-6-8-21-38(33)49(40)55-47(30)45)41-24-10-11-25-42(41)53(52)35-19-13-18-34(29-35)37-23-14-17-32-15-5-7-20-36(32)37/h5-31H,1-4H3. The number of nitrogens with zero attached hydrogens (tertiary/aromatic N) is 1. The molecule has 1 aliphatic heterocycles. The van der Waals surface area contributed by atoms with Crippen LogP contribution < -0.4 is 4.90 Å². The van der Waals surface area contributed by atoms with Gasteiger partial charge in [0.2, 0.25) is 0 Å². The lowest BCUT2D eigenvalue weighted by Gasteiger charge is -2.60. The summed E-state index contributed by atoms with van der Waals surface area (Å²) < 4.78 is 14.2. The third kappa shape index (κ3) is 3.76. The lowest BCUT2D eigenvalue weighted by atomic mass is 9.50. The molecule has 7 aromatic carbocycles. The zero-order chi connectivity index (χ0) is 36.8. The molecule has 0 N–H and O–H groups in total. The van der Waals surface area contributed by atoms with E-state index in [9.17, 15) is 0 Å². The molecule has 12 rings (SSSR count). The minimum Gasteiger partial charge on any atom is -0.460 e. The maximum atomic E-state index is 7.20. The summed E-state index contributed by atoms with van der Waals surface area (Å²) >= 11 is 0. The Balaban J connectivity index is 1.22. The lowest BCUT2D eigenvalue weighted by Crippen LogP contribution is -2.57. The monoisotopic (exact) mass is 709 g/mol. The van der Waals surface area contributed by atoms with Gasteiger partial charge in [-0.05, 0) is 82.1 Å². The predicted molar refractivity (Wildman–Crippen MR) is 226 cm³/mol. The Morgan fingerprint density at radius 2 is 1.20 bits per heavy atom. The summed E-state index contributed by atoms with van der Waals surface area (Å²) in [4.78, 5) is 2.65. The van der Waals surface area contributed by atoms with Gasteiger partial charge in [-0.2, -0.15) is 0 Å². The molecule has 0 saturated heterocycles. The van der Waals surface area contributed by atoms with Crippen molar-refractivity contribution in [3.05, 3.63) is 191 Å². The maximum Gasteiger partial charge on any atom is 0.142 e. The topological polar surface area (TPSA) is 29.5 Å². The van der Waals surface area contributed by atoms with E-state index >= 15 is 0 Å². The van der Waals surface area contributed by atoms with E-state index in [0.29, 0.717) is 0 Å². The van der Waals surface area contributed by atoms with Crippen LogP contribution in [0.4, 0.5) is 11.4 Å². The van der Waals surface area contributed by atoms with Crippen molar-refractivity contribution in [1.82, 2.24) is 0 Å². The molecule has 0 radical (unpaired) electrons. The molecular formula is C52H39NO2. The summed E-state index contributed by atoms with van der Waals surface area (Å²) in [6.07, 6.45) is 0. The molecule has 4 atom stereocenters. The van der Waals surface area contributed by atoms with E-state index in [1.54, 1.807) is 0 Å². The zero-order valence-electron chi connectivity index (χ0n) is 31.4. The van der Waals surface area contributed by atoms with E-state index in [4.69, 9.17) is 8.83 Å². The van der Waals surface area contributed by atoms with Crippen molar-refractivity contribution < 1.29 is 8.83 Å². The third-order valence-electron chi connectivity index (χ3n) is 13.5. The molecule has 3 heteroatoms. The molecule has 4 unspecified atom stereocenters. The molecule has 55 heavy (non-hydrogen) atoms. The van der Waals surface area contributed by atoms with Crippen LogP contribution in [-0.2, 0) is 11.0 Å². The summed E-state index contributed by atoms with van der Waals surface area (Å²) in [5.41, 5.74) is 12.3. The third-order valence-corrected chi connectivity index (χ3v) is 13.5. The van der Waals surface area contributed by atoms with Gasteiger partial charge in [0.1, 0.15) is 22.7 Å². The van der Waals surface area contributed by atoms with Gasteiger partial charge in [0.15, 0.2) is 0 Å². The number of furan rings is 2. The summed E-state index contributed by atoms with van der Waals surface area (Å²) in [7, 11) is 0. The van der Waals surface area contributed by atoms with Crippen LogP contribution in [-0.4, -0.2) is 0 Å². The number of hydrogen-bond donors (Lipinski definition) is 0. The molecule has 0 bridgehead atoms. The van der Waals surface area contributed by atoms with Crippen molar-refractivity contribution in [2.45, 2.75) is 50.5 Å². The van der Waals surface area contributed by atoms with Crippen molar-refractivity contribution in [3.8, 4) is 11.1 Å². The molecule has 0 spiro atoms. The van der Waals surface area contributed by atoms with E-state index in [1.165, 1.54) is 71.6 Å². The van der Waals surface area contributed by atoms with E-state index in [2.05, 4.69) is 184 Å². The zero-order valence-corrected chi connectivity index (χ0v) is 31.4. The largest absolute Gasteiger partial charge is 0.460 e. The Bertz CT molecular complexity index is 3130. The number of anilines is 2. The quantitative estimate of drug-likeness (QED) is 0.167. The number of allylic oxidation sites excluding steroid dienone is 1.